The van der Waals surface area contributed by atoms with Crippen LogP contribution in [-0.2, 0) is 4.79 Å². The van der Waals surface area contributed by atoms with Gasteiger partial charge in [-0.05, 0) is 29.7 Å². The molecule has 3 aromatic rings. The highest BCUT2D eigenvalue weighted by Crippen LogP contribution is 2.33. The van der Waals surface area contributed by atoms with Gasteiger partial charge in [0.15, 0.2) is 18.0 Å². The fourth-order valence-electron chi connectivity index (χ4n) is 4.54. The van der Waals surface area contributed by atoms with Crippen molar-refractivity contribution < 1.29 is 19.2 Å². The number of carbonyl (C=O) groups is 1. The maximum absolute atomic E-state index is 12.8. The average molecular weight is 389 g/mol. The molecule has 5 heteroatoms. The minimum atomic E-state index is 0.0563. The Kier molecular flexibility index (Phi) is 4.82. The van der Waals surface area contributed by atoms with Crippen molar-refractivity contribution in [2.24, 2.45) is 0 Å². The number of nitrogens with one attached hydrogen (secondary N) is 2. The predicted molar refractivity (Wildman–Crippen MR) is 113 cm³/mol. The molecule has 0 aromatic heterocycles. The van der Waals surface area contributed by atoms with Gasteiger partial charge in [-0.3, -0.25) is 4.79 Å². The summed E-state index contributed by atoms with van der Waals surface area (Å²) in [5, 5.41) is 5.33. The van der Waals surface area contributed by atoms with Crippen LogP contribution in [0.25, 0.3) is 10.8 Å². The lowest BCUT2D eigenvalue weighted by atomic mass is 10.0. The van der Waals surface area contributed by atoms with Gasteiger partial charge < -0.3 is 19.7 Å². The summed E-state index contributed by atoms with van der Waals surface area (Å²) < 4.78 is 11.4. The van der Waals surface area contributed by atoms with E-state index in [0.717, 1.165) is 47.3 Å². The molecule has 1 fully saturated rings. The zero-order valence-electron chi connectivity index (χ0n) is 16.3. The molecule has 0 aliphatic carbocycles. The van der Waals surface area contributed by atoms with Gasteiger partial charge in [-0.2, -0.15) is 0 Å². The summed E-state index contributed by atoms with van der Waals surface area (Å²) in [5.41, 5.74) is 2.10. The predicted octanol–water partition coefficient (Wildman–Crippen LogP) is 2.97. The highest BCUT2D eigenvalue weighted by molar-refractivity contribution is 6.02. The zero-order valence-corrected chi connectivity index (χ0v) is 16.3. The summed E-state index contributed by atoms with van der Waals surface area (Å²) in [6, 6.07) is 20.7. The molecule has 29 heavy (non-hydrogen) atoms. The van der Waals surface area contributed by atoms with Gasteiger partial charge in [0.1, 0.15) is 19.3 Å². The number of anilines is 1. The van der Waals surface area contributed by atoms with E-state index in [1.807, 2.05) is 36.4 Å². The molecule has 1 saturated heterocycles. The number of likely N-dealkylation sites (tertiary alicyclic amines) is 1. The van der Waals surface area contributed by atoms with Gasteiger partial charge >= 0.3 is 0 Å². The first-order valence-electron chi connectivity index (χ1n) is 10.3. The molecule has 2 heterocycles. The van der Waals surface area contributed by atoms with Gasteiger partial charge in [-0.25, -0.2) is 0 Å². The van der Waals surface area contributed by atoms with Crippen molar-refractivity contribution in [2.45, 2.75) is 18.9 Å². The molecule has 0 radical (unpaired) electrons. The fraction of sp³-hybridized carbons (Fsp3) is 0.292. The molecule has 2 aliphatic heterocycles. The third-order valence-corrected chi connectivity index (χ3v) is 5.90. The Morgan fingerprint density at radius 1 is 1.00 bits per heavy atom. The van der Waals surface area contributed by atoms with E-state index < -0.39 is 0 Å². The van der Waals surface area contributed by atoms with E-state index in [1.54, 1.807) is 0 Å². The van der Waals surface area contributed by atoms with Crippen molar-refractivity contribution in [3.63, 3.8) is 0 Å². The van der Waals surface area contributed by atoms with Crippen molar-refractivity contribution in [3.05, 3.63) is 66.2 Å². The molecule has 1 unspecified atom stereocenters. The van der Waals surface area contributed by atoms with Gasteiger partial charge in [-0.15, -0.1) is 0 Å². The van der Waals surface area contributed by atoms with Crippen LogP contribution in [0.1, 0.15) is 24.4 Å². The number of benzene rings is 3. The van der Waals surface area contributed by atoms with E-state index >= 15 is 0 Å². The Labute approximate surface area is 170 Å². The molecule has 0 saturated carbocycles. The highest BCUT2D eigenvalue weighted by atomic mass is 16.6. The van der Waals surface area contributed by atoms with Crippen LogP contribution in [0.5, 0.6) is 11.5 Å². The number of carbonyl (C=O) groups excluding carboxylic acids is 1. The summed E-state index contributed by atoms with van der Waals surface area (Å²) >= 11 is 0. The third kappa shape index (κ3) is 3.66. The average Bonchev–Trinajstić information content (AvgIpc) is 3.21. The SMILES string of the molecule is O=C(C[NH+]1CCC[C@@H]1c1ccc2c(c1)OCCO2)Nc1cccc2ccccc12. The number of hydrogen-bond acceptors (Lipinski definition) is 3. The first-order valence-corrected chi connectivity index (χ1v) is 10.3. The highest BCUT2D eigenvalue weighted by Gasteiger charge is 2.32. The summed E-state index contributed by atoms with van der Waals surface area (Å²) in [6.45, 7) is 2.65. The van der Waals surface area contributed by atoms with Crippen LogP contribution in [0.2, 0.25) is 0 Å². The van der Waals surface area contributed by atoms with E-state index in [9.17, 15) is 4.79 Å². The fourth-order valence-corrected chi connectivity index (χ4v) is 4.54. The Balaban J connectivity index is 1.31. The molecular weight excluding hydrogens is 364 g/mol. The van der Waals surface area contributed by atoms with E-state index in [1.165, 1.54) is 10.5 Å². The lowest BCUT2D eigenvalue weighted by Gasteiger charge is -2.24. The lowest BCUT2D eigenvalue weighted by molar-refractivity contribution is -0.910. The van der Waals surface area contributed by atoms with Gasteiger partial charge in [0.05, 0.1) is 6.54 Å². The van der Waals surface area contributed by atoms with Gasteiger partial charge in [0, 0.05) is 29.5 Å². The van der Waals surface area contributed by atoms with Crippen LogP contribution in [0.3, 0.4) is 0 Å². The van der Waals surface area contributed by atoms with Crippen LogP contribution in [-0.4, -0.2) is 32.2 Å². The monoisotopic (exact) mass is 389 g/mol. The smallest absolute Gasteiger partial charge is 0.279 e. The summed E-state index contributed by atoms with van der Waals surface area (Å²) in [7, 11) is 0. The lowest BCUT2D eigenvalue weighted by Crippen LogP contribution is -3.11. The molecule has 2 aliphatic rings. The Morgan fingerprint density at radius 2 is 1.83 bits per heavy atom. The van der Waals surface area contributed by atoms with Crippen molar-refractivity contribution in [1.29, 1.82) is 0 Å². The molecule has 1 amide bonds. The topological polar surface area (TPSA) is 52.0 Å². The normalized spacial score (nSPS) is 20.6. The molecule has 0 spiro atoms. The minimum absolute atomic E-state index is 0.0563. The summed E-state index contributed by atoms with van der Waals surface area (Å²) in [5.74, 6) is 1.69. The summed E-state index contributed by atoms with van der Waals surface area (Å²) in [6.07, 6.45) is 2.20. The van der Waals surface area contributed by atoms with Crippen molar-refractivity contribution in [3.8, 4) is 11.5 Å². The number of hydrogen-bond donors (Lipinski definition) is 2. The minimum Gasteiger partial charge on any atom is -0.486 e. The number of amides is 1. The second-order valence-corrected chi connectivity index (χ2v) is 7.76. The molecule has 5 nitrogen and oxygen atoms in total. The maximum atomic E-state index is 12.8. The summed E-state index contributed by atoms with van der Waals surface area (Å²) in [4.78, 5) is 14.2. The third-order valence-electron chi connectivity index (χ3n) is 5.90. The molecule has 148 valence electrons. The van der Waals surface area contributed by atoms with E-state index in [4.69, 9.17) is 9.47 Å². The molecule has 0 bridgehead atoms. The first-order chi connectivity index (χ1) is 14.3. The standard InChI is InChI=1S/C24H24N2O3/c27-24(25-20-8-3-6-17-5-1-2-7-19(17)20)16-26-12-4-9-21(26)18-10-11-22-23(15-18)29-14-13-28-22/h1-3,5-8,10-11,15,21H,4,9,12-14,16H2,(H,25,27)/p+1/t21-/m1/s1. The number of ether oxygens (including phenoxy) is 2. The van der Waals surface area contributed by atoms with Crippen LogP contribution in [0.4, 0.5) is 5.69 Å². The maximum Gasteiger partial charge on any atom is 0.279 e. The molecule has 3 aromatic carbocycles. The van der Waals surface area contributed by atoms with Crippen LogP contribution in [0.15, 0.2) is 60.7 Å². The Morgan fingerprint density at radius 3 is 2.76 bits per heavy atom. The van der Waals surface area contributed by atoms with E-state index in [-0.39, 0.29) is 5.91 Å². The zero-order chi connectivity index (χ0) is 19.6. The second kappa shape index (κ2) is 7.76. The number of rotatable bonds is 4. The van der Waals surface area contributed by atoms with E-state index in [2.05, 4.69) is 29.6 Å². The van der Waals surface area contributed by atoms with Crippen LogP contribution >= 0.6 is 0 Å². The first kappa shape index (κ1) is 18.0. The molecule has 5 rings (SSSR count). The van der Waals surface area contributed by atoms with Crippen molar-refractivity contribution in [2.75, 3.05) is 31.6 Å². The van der Waals surface area contributed by atoms with Crippen LogP contribution in [0, 0.1) is 0 Å². The molecule has 2 atom stereocenters. The number of quaternary nitrogens is 1. The Hall–Kier alpha value is -3.05. The van der Waals surface area contributed by atoms with Crippen LogP contribution < -0.4 is 19.7 Å². The van der Waals surface area contributed by atoms with Gasteiger partial charge in [0.25, 0.3) is 5.91 Å². The Bertz CT molecular complexity index is 1040. The molecule has 2 N–H and O–H groups in total. The van der Waals surface area contributed by atoms with Gasteiger partial charge in [0.2, 0.25) is 0 Å². The number of fused-ring (bicyclic) bond motifs is 2. The van der Waals surface area contributed by atoms with Crippen molar-refractivity contribution >= 4 is 22.4 Å². The second-order valence-electron chi connectivity index (χ2n) is 7.76. The quantitative estimate of drug-likeness (QED) is 0.721. The van der Waals surface area contributed by atoms with E-state index in [0.29, 0.717) is 25.8 Å². The largest absolute Gasteiger partial charge is 0.486 e. The van der Waals surface area contributed by atoms with Crippen molar-refractivity contribution in [1.82, 2.24) is 0 Å². The molecular formula is C24H25N2O3+. The van der Waals surface area contributed by atoms with Gasteiger partial charge in [-0.1, -0.05) is 36.4 Å².